The summed E-state index contributed by atoms with van der Waals surface area (Å²) in [6, 6.07) is 19.2. The van der Waals surface area contributed by atoms with Crippen molar-refractivity contribution in [2.24, 2.45) is 0 Å². The van der Waals surface area contributed by atoms with Crippen molar-refractivity contribution in [1.29, 1.82) is 0 Å². The first kappa shape index (κ1) is 16.2. The fourth-order valence-corrected chi connectivity index (χ4v) is 3.22. The molecule has 2 unspecified atom stereocenters. The average molecular weight is 322 g/mol. The Labute approximate surface area is 142 Å². The highest BCUT2D eigenvalue weighted by Crippen LogP contribution is 2.29. The number of carbonyl (C=O) groups excluding carboxylic acids is 2. The van der Waals surface area contributed by atoms with Gasteiger partial charge in [0.1, 0.15) is 5.54 Å². The largest absolute Gasteiger partial charge is 0.338 e. The van der Waals surface area contributed by atoms with Crippen LogP contribution in [-0.2, 0) is 21.7 Å². The summed E-state index contributed by atoms with van der Waals surface area (Å²) in [5.41, 5.74) is 0.815. The van der Waals surface area contributed by atoms with Crippen LogP contribution in [0.15, 0.2) is 60.7 Å². The number of hydrogen-bond acceptors (Lipinski definition) is 2. The molecule has 1 saturated heterocycles. The molecule has 1 fully saturated rings. The molecule has 2 atom stereocenters. The van der Waals surface area contributed by atoms with E-state index in [4.69, 9.17) is 0 Å². The molecule has 0 aromatic heterocycles. The first-order chi connectivity index (χ1) is 11.5. The molecular weight excluding hydrogens is 300 g/mol. The summed E-state index contributed by atoms with van der Waals surface area (Å²) < 4.78 is 0. The van der Waals surface area contributed by atoms with Gasteiger partial charge in [0.2, 0.25) is 5.91 Å². The number of benzene rings is 2. The van der Waals surface area contributed by atoms with Crippen LogP contribution in [0.4, 0.5) is 0 Å². The highest BCUT2D eigenvalue weighted by molar-refractivity contribution is 5.94. The predicted molar refractivity (Wildman–Crippen MR) is 93.0 cm³/mol. The van der Waals surface area contributed by atoms with Gasteiger partial charge in [-0.25, -0.2) is 0 Å². The molecule has 2 aromatic carbocycles. The summed E-state index contributed by atoms with van der Waals surface area (Å²) in [6.45, 7) is 4.22. The van der Waals surface area contributed by atoms with Crippen molar-refractivity contribution >= 4 is 11.8 Å². The molecule has 1 N–H and O–H groups in total. The highest BCUT2D eigenvalue weighted by Gasteiger charge is 2.44. The molecule has 0 bridgehead atoms. The zero-order valence-electron chi connectivity index (χ0n) is 14.0. The summed E-state index contributed by atoms with van der Waals surface area (Å²) in [7, 11) is 0. The molecule has 0 spiro atoms. The Morgan fingerprint density at radius 2 is 1.62 bits per heavy atom. The molecule has 0 radical (unpaired) electrons. The van der Waals surface area contributed by atoms with Crippen LogP contribution in [0.3, 0.4) is 0 Å². The molecule has 1 heterocycles. The van der Waals surface area contributed by atoms with Gasteiger partial charge in [-0.1, -0.05) is 60.7 Å². The molecule has 4 heteroatoms. The van der Waals surface area contributed by atoms with Gasteiger partial charge < -0.3 is 10.2 Å². The SMILES string of the molecule is CC1CC(=O)NC(C)(c2ccccc2)C(=O)N1Cc1ccccc1. The van der Waals surface area contributed by atoms with Gasteiger partial charge in [-0.2, -0.15) is 0 Å². The second kappa shape index (κ2) is 6.48. The van der Waals surface area contributed by atoms with Gasteiger partial charge in [-0.05, 0) is 25.0 Å². The smallest absolute Gasteiger partial charge is 0.253 e. The number of hydrogen-bond donors (Lipinski definition) is 1. The van der Waals surface area contributed by atoms with Crippen LogP contribution in [0.1, 0.15) is 31.4 Å². The van der Waals surface area contributed by atoms with Gasteiger partial charge >= 0.3 is 0 Å². The Bertz CT molecular complexity index is 730. The van der Waals surface area contributed by atoms with E-state index in [-0.39, 0.29) is 17.9 Å². The van der Waals surface area contributed by atoms with Crippen LogP contribution in [0.25, 0.3) is 0 Å². The van der Waals surface area contributed by atoms with E-state index < -0.39 is 5.54 Å². The van der Waals surface area contributed by atoms with E-state index in [0.717, 1.165) is 11.1 Å². The van der Waals surface area contributed by atoms with Crippen LogP contribution in [-0.4, -0.2) is 22.8 Å². The van der Waals surface area contributed by atoms with Gasteiger partial charge in [0.15, 0.2) is 0 Å². The number of nitrogens with one attached hydrogen (secondary N) is 1. The molecule has 0 aliphatic carbocycles. The number of nitrogens with zero attached hydrogens (tertiary/aromatic N) is 1. The average Bonchev–Trinajstić information content (AvgIpc) is 2.67. The first-order valence-electron chi connectivity index (χ1n) is 8.22. The fourth-order valence-electron chi connectivity index (χ4n) is 3.22. The van der Waals surface area contributed by atoms with Gasteiger partial charge in [0, 0.05) is 19.0 Å². The van der Waals surface area contributed by atoms with Gasteiger partial charge in [-0.3, -0.25) is 9.59 Å². The maximum absolute atomic E-state index is 13.3. The van der Waals surface area contributed by atoms with Gasteiger partial charge in [-0.15, -0.1) is 0 Å². The minimum Gasteiger partial charge on any atom is -0.338 e. The lowest BCUT2D eigenvalue weighted by Crippen LogP contribution is -2.53. The van der Waals surface area contributed by atoms with Crippen molar-refractivity contribution in [3.63, 3.8) is 0 Å². The Morgan fingerprint density at radius 3 is 2.25 bits per heavy atom. The minimum absolute atomic E-state index is 0.0732. The molecule has 24 heavy (non-hydrogen) atoms. The van der Waals surface area contributed by atoms with Crippen molar-refractivity contribution in [2.75, 3.05) is 0 Å². The summed E-state index contributed by atoms with van der Waals surface area (Å²) in [5, 5.41) is 2.94. The highest BCUT2D eigenvalue weighted by atomic mass is 16.2. The normalized spacial score (nSPS) is 24.4. The third-order valence-corrected chi connectivity index (χ3v) is 4.64. The van der Waals surface area contributed by atoms with E-state index in [0.29, 0.717) is 13.0 Å². The molecule has 0 saturated carbocycles. The Kier molecular flexibility index (Phi) is 4.38. The predicted octanol–water partition coefficient (Wildman–Crippen LogP) is 2.84. The van der Waals surface area contributed by atoms with Crippen molar-refractivity contribution in [3.8, 4) is 0 Å². The molecule has 2 amide bonds. The molecule has 2 aromatic rings. The second-order valence-electron chi connectivity index (χ2n) is 6.51. The lowest BCUT2D eigenvalue weighted by molar-refractivity contribution is -0.140. The van der Waals surface area contributed by atoms with E-state index in [2.05, 4.69) is 5.32 Å². The summed E-state index contributed by atoms with van der Waals surface area (Å²) in [6.07, 6.45) is 0.307. The Balaban J connectivity index is 1.99. The van der Waals surface area contributed by atoms with E-state index in [9.17, 15) is 9.59 Å². The lowest BCUT2D eigenvalue weighted by atomic mass is 9.90. The van der Waals surface area contributed by atoms with Crippen molar-refractivity contribution < 1.29 is 9.59 Å². The Morgan fingerprint density at radius 1 is 1.04 bits per heavy atom. The van der Waals surface area contributed by atoms with Crippen LogP contribution < -0.4 is 5.32 Å². The van der Waals surface area contributed by atoms with Crippen molar-refractivity contribution in [3.05, 3.63) is 71.8 Å². The zero-order valence-corrected chi connectivity index (χ0v) is 14.0. The van der Waals surface area contributed by atoms with E-state index in [1.165, 1.54) is 0 Å². The van der Waals surface area contributed by atoms with Gasteiger partial charge in [0.05, 0.1) is 0 Å². The quantitative estimate of drug-likeness (QED) is 0.944. The second-order valence-corrected chi connectivity index (χ2v) is 6.51. The maximum atomic E-state index is 13.3. The standard InChI is InChI=1S/C20H22N2O2/c1-15-13-18(23)21-20(2,17-11-7-4-8-12-17)19(24)22(15)14-16-9-5-3-6-10-16/h3-12,15H,13-14H2,1-2H3,(H,21,23). The molecular formula is C20H22N2O2. The molecule has 124 valence electrons. The monoisotopic (exact) mass is 322 g/mol. The van der Waals surface area contributed by atoms with E-state index in [1.807, 2.05) is 67.6 Å². The van der Waals surface area contributed by atoms with Crippen LogP contribution in [0, 0.1) is 0 Å². The maximum Gasteiger partial charge on any atom is 0.253 e. The zero-order chi connectivity index (χ0) is 17.2. The van der Waals surface area contributed by atoms with Crippen LogP contribution in [0.2, 0.25) is 0 Å². The summed E-state index contributed by atoms with van der Waals surface area (Å²) in [4.78, 5) is 27.5. The topological polar surface area (TPSA) is 49.4 Å². The van der Waals surface area contributed by atoms with Crippen molar-refractivity contribution in [2.45, 2.75) is 38.4 Å². The summed E-state index contributed by atoms with van der Waals surface area (Å²) >= 11 is 0. The third-order valence-electron chi connectivity index (χ3n) is 4.64. The number of amides is 2. The number of carbonyl (C=O) groups is 2. The lowest BCUT2D eigenvalue weighted by Gasteiger charge is -2.34. The van der Waals surface area contributed by atoms with Gasteiger partial charge in [0.25, 0.3) is 5.91 Å². The minimum atomic E-state index is -1.04. The fraction of sp³-hybridized carbons (Fsp3) is 0.300. The van der Waals surface area contributed by atoms with Crippen molar-refractivity contribution in [1.82, 2.24) is 10.2 Å². The van der Waals surface area contributed by atoms with Crippen LogP contribution >= 0.6 is 0 Å². The van der Waals surface area contributed by atoms with E-state index >= 15 is 0 Å². The van der Waals surface area contributed by atoms with E-state index in [1.54, 1.807) is 11.8 Å². The van der Waals surface area contributed by atoms with Crippen LogP contribution in [0.5, 0.6) is 0 Å². The number of rotatable bonds is 3. The first-order valence-corrected chi connectivity index (χ1v) is 8.22. The summed E-state index contributed by atoms with van der Waals surface area (Å²) in [5.74, 6) is -0.173. The molecule has 1 aliphatic rings. The third kappa shape index (κ3) is 3.04. The molecule has 1 aliphatic heterocycles. The Hall–Kier alpha value is -2.62. The molecule has 4 nitrogen and oxygen atoms in total. The molecule has 3 rings (SSSR count).